The third-order valence-corrected chi connectivity index (χ3v) is 5.09. The molecule has 140 valence electrons. The maximum absolute atomic E-state index is 12.9. The summed E-state index contributed by atoms with van der Waals surface area (Å²) < 4.78 is 0. The second-order valence-corrected chi connectivity index (χ2v) is 8.52. The van der Waals surface area contributed by atoms with Crippen molar-refractivity contribution < 1.29 is 0 Å². The highest BCUT2D eigenvalue weighted by atomic mass is 35.5. The van der Waals surface area contributed by atoms with Gasteiger partial charge in [0.25, 0.3) is 0 Å². The minimum Gasteiger partial charge on any atom is -0.358 e. The first-order chi connectivity index (χ1) is 12.6. The van der Waals surface area contributed by atoms with Gasteiger partial charge in [-0.2, -0.15) is 0 Å². The Morgan fingerprint density at radius 2 is 1.74 bits per heavy atom. The molecular formula is C23H25ClN2O. The molecule has 0 saturated carbocycles. The molecule has 0 unspecified atom stereocenters. The molecule has 0 spiro atoms. The topological polar surface area (TPSA) is 45.8 Å². The molecule has 27 heavy (non-hydrogen) atoms. The zero-order valence-electron chi connectivity index (χ0n) is 16.7. The molecule has 2 heterocycles. The fraction of sp³-hybridized carbons (Fsp3) is 0.304. The second kappa shape index (κ2) is 6.97. The van der Waals surface area contributed by atoms with Crippen LogP contribution in [0.4, 0.5) is 0 Å². The van der Waals surface area contributed by atoms with Crippen LogP contribution in [0, 0.1) is 20.8 Å². The third-order valence-electron chi connectivity index (χ3n) is 4.78. The lowest BCUT2D eigenvalue weighted by Gasteiger charge is -2.22. The van der Waals surface area contributed by atoms with E-state index in [2.05, 4.69) is 36.8 Å². The first-order valence-corrected chi connectivity index (χ1v) is 9.44. The number of hydrogen-bond donors (Lipinski definition) is 1. The molecule has 0 fully saturated rings. The van der Waals surface area contributed by atoms with Crippen LogP contribution in [0.5, 0.6) is 0 Å². The monoisotopic (exact) mass is 380 g/mol. The maximum atomic E-state index is 12.9. The molecular weight excluding hydrogens is 356 g/mol. The number of hydrogen-bond acceptors (Lipinski definition) is 2. The number of aromatic nitrogens is 2. The number of aryl methyl sites for hydroxylation is 3. The standard InChI is InChI=1S/C23H25ClN2O/c1-13-10-17(23(4,5)6)18(24)11-16(13)20-12-21(27)22(15(3)26-20)19-9-7-8-14(2)25-19/h7-12H,1-6H3,(H,26,27). The van der Waals surface area contributed by atoms with E-state index in [1.54, 1.807) is 6.07 Å². The highest BCUT2D eigenvalue weighted by Crippen LogP contribution is 2.35. The molecule has 1 aromatic carbocycles. The summed E-state index contributed by atoms with van der Waals surface area (Å²) in [6.45, 7) is 12.3. The summed E-state index contributed by atoms with van der Waals surface area (Å²) in [5.41, 5.74) is 6.80. The average Bonchev–Trinajstić information content (AvgIpc) is 2.55. The van der Waals surface area contributed by atoms with Gasteiger partial charge in [-0.25, -0.2) is 0 Å². The number of nitrogens with zero attached hydrogens (tertiary/aromatic N) is 1. The van der Waals surface area contributed by atoms with Crippen molar-refractivity contribution in [3.63, 3.8) is 0 Å². The number of benzene rings is 1. The summed E-state index contributed by atoms with van der Waals surface area (Å²) in [6, 6.07) is 11.4. The van der Waals surface area contributed by atoms with Crippen LogP contribution >= 0.6 is 11.6 Å². The predicted octanol–water partition coefficient (Wildman–Crippen LogP) is 5.98. The molecule has 3 aromatic rings. The molecule has 0 saturated heterocycles. The van der Waals surface area contributed by atoms with Gasteiger partial charge >= 0.3 is 0 Å². The summed E-state index contributed by atoms with van der Waals surface area (Å²) in [7, 11) is 0. The summed E-state index contributed by atoms with van der Waals surface area (Å²) >= 11 is 6.56. The van der Waals surface area contributed by atoms with Crippen LogP contribution in [0.2, 0.25) is 5.02 Å². The van der Waals surface area contributed by atoms with Gasteiger partial charge in [0.1, 0.15) is 0 Å². The molecule has 0 atom stereocenters. The van der Waals surface area contributed by atoms with Crippen LogP contribution in [0.3, 0.4) is 0 Å². The van der Waals surface area contributed by atoms with Crippen molar-refractivity contribution in [1.82, 2.24) is 9.97 Å². The van der Waals surface area contributed by atoms with Crippen LogP contribution in [-0.4, -0.2) is 9.97 Å². The fourth-order valence-electron chi connectivity index (χ4n) is 3.38. The Bertz CT molecular complexity index is 1070. The van der Waals surface area contributed by atoms with E-state index in [-0.39, 0.29) is 10.8 Å². The minimum absolute atomic E-state index is 0.0373. The SMILES string of the molecule is Cc1cccc(-c2c(C)[nH]c(-c3cc(Cl)c(C(C)(C)C)cc3C)cc2=O)n1. The third kappa shape index (κ3) is 3.84. The molecule has 3 rings (SSSR count). The van der Waals surface area contributed by atoms with Gasteiger partial charge in [-0.15, -0.1) is 0 Å². The Balaban J connectivity index is 2.15. The summed E-state index contributed by atoms with van der Waals surface area (Å²) in [5, 5.41) is 0.714. The molecule has 0 radical (unpaired) electrons. The van der Waals surface area contributed by atoms with E-state index >= 15 is 0 Å². The Kier molecular flexibility index (Phi) is 5.00. The lowest BCUT2D eigenvalue weighted by Crippen LogP contribution is -2.13. The average molecular weight is 381 g/mol. The van der Waals surface area contributed by atoms with Crippen LogP contribution in [0.15, 0.2) is 41.2 Å². The first-order valence-electron chi connectivity index (χ1n) is 9.07. The molecule has 0 aliphatic carbocycles. The lowest BCUT2D eigenvalue weighted by molar-refractivity contribution is 0.590. The number of halogens is 1. The Labute approximate surface area is 165 Å². The molecule has 0 aliphatic rings. The van der Waals surface area contributed by atoms with Crippen molar-refractivity contribution in [2.24, 2.45) is 0 Å². The Morgan fingerprint density at radius 3 is 2.33 bits per heavy atom. The van der Waals surface area contributed by atoms with Gasteiger partial charge in [-0.1, -0.05) is 44.5 Å². The van der Waals surface area contributed by atoms with Gasteiger partial charge in [0.05, 0.1) is 11.3 Å². The summed E-state index contributed by atoms with van der Waals surface area (Å²) in [6.07, 6.45) is 0. The van der Waals surface area contributed by atoms with Crippen LogP contribution in [0.1, 0.15) is 43.3 Å². The molecule has 0 bridgehead atoms. The number of rotatable bonds is 2. The largest absolute Gasteiger partial charge is 0.358 e. The molecule has 1 N–H and O–H groups in total. The lowest BCUT2D eigenvalue weighted by atomic mass is 9.85. The van der Waals surface area contributed by atoms with E-state index in [4.69, 9.17) is 11.6 Å². The minimum atomic E-state index is -0.0465. The summed E-state index contributed by atoms with van der Waals surface area (Å²) in [4.78, 5) is 20.8. The van der Waals surface area contributed by atoms with Gasteiger partial charge in [0.15, 0.2) is 5.43 Å². The summed E-state index contributed by atoms with van der Waals surface area (Å²) in [5.74, 6) is 0. The van der Waals surface area contributed by atoms with E-state index < -0.39 is 0 Å². The zero-order chi connectivity index (χ0) is 19.9. The van der Waals surface area contributed by atoms with Crippen LogP contribution in [0.25, 0.3) is 22.5 Å². The molecule has 0 aliphatic heterocycles. The Hall–Kier alpha value is -2.39. The number of pyridine rings is 2. The maximum Gasteiger partial charge on any atom is 0.191 e. The predicted molar refractivity (Wildman–Crippen MR) is 114 cm³/mol. The van der Waals surface area contributed by atoms with Crippen molar-refractivity contribution in [3.05, 3.63) is 74.2 Å². The van der Waals surface area contributed by atoms with Crippen molar-refractivity contribution in [2.75, 3.05) is 0 Å². The highest BCUT2D eigenvalue weighted by Gasteiger charge is 2.20. The number of H-pyrrole nitrogens is 1. The highest BCUT2D eigenvalue weighted by molar-refractivity contribution is 6.31. The molecule has 0 amide bonds. The molecule has 4 heteroatoms. The number of aromatic amines is 1. The Morgan fingerprint density at radius 1 is 1.04 bits per heavy atom. The second-order valence-electron chi connectivity index (χ2n) is 8.11. The normalized spacial score (nSPS) is 11.7. The van der Waals surface area contributed by atoms with E-state index in [0.717, 1.165) is 33.8 Å². The molecule has 3 nitrogen and oxygen atoms in total. The fourth-order valence-corrected chi connectivity index (χ4v) is 3.83. The van der Waals surface area contributed by atoms with Gasteiger partial charge in [-0.3, -0.25) is 9.78 Å². The van der Waals surface area contributed by atoms with Crippen molar-refractivity contribution in [3.8, 4) is 22.5 Å². The van der Waals surface area contributed by atoms with Crippen molar-refractivity contribution in [2.45, 2.75) is 47.0 Å². The van der Waals surface area contributed by atoms with Crippen LogP contribution in [-0.2, 0) is 5.41 Å². The van der Waals surface area contributed by atoms with Crippen molar-refractivity contribution >= 4 is 11.6 Å². The van der Waals surface area contributed by atoms with Crippen LogP contribution < -0.4 is 5.43 Å². The number of nitrogens with one attached hydrogen (secondary N) is 1. The van der Waals surface area contributed by atoms with E-state index in [1.807, 2.05) is 45.0 Å². The van der Waals surface area contributed by atoms with Crippen molar-refractivity contribution in [1.29, 1.82) is 0 Å². The quantitative estimate of drug-likeness (QED) is 0.594. The smallest absolute Gasteiger partial charge is 0.191 e. The van der Waals surface area contributed by atoms with E-state index in [9.17, 15) is 4.79 Å². The molecule has 2 aromatic heterocycles. The van der Waals surface area contributed by atoms with E-state index in [0.29, 0.717) is 16.3 Å². The van der Waals surface area contributed by atoms with Gasteiger partial charge < -0.3 is 4.98 Å². The van der Waals surface area contributed by atoms with Gasteiger partial charge in [0, 0.05) is 33.7 Å². The van der Waals surface area contributed by atoms with Gasteiger partial charge in [-0.05, 0) is 55.5 Å². The van der Waals surface area contributed by atoms with E-state index in [1.165, 1.54) is 0 Å². The van der Waals surface area contributed by atoms with Gasteiger partial charge in [0.2, 0.25) is 0 Å². The zero-order valence-corrected chi connectivity index (χ0v) is 17.5. The first kappa shape index (κ1) is 19.4.